The standard InChI is InChI=1S/C19H20F2N2O4S2/c1-27-18(24)16-13-7-8-23(9-11-3-2-4-14(20)17(11)21)10-15(13)28-19(16)29(25,26)22-12-5-6-12/h2-4,12,22H,5-10H2,1H3. The van der Waals surface area contributed by atoms with Crippen LogP contribution in [0.25, 0.3) is 0 Å². The molecular weight excluding hydrogens is 422 g/mol. The lowest BCUT2D eigenvalue weighted by Gasteiger charge is -2.27. The zero-order valence-electron chi connectivity index (χ0n) is 15.7. The lowest BCUT2D eigenvalue weighted by Crippen LogP contribution is -2.30. The minimum absolute atomic E-state index is 0.0277. The molecule has 1 aliphatic heterocycles. The van der Waals surface area contributed by atoms with Crippen molar-refractivity contribution in [2.45, 2.75) is 42.6 Å². The maximum Gasteiger partial charge on any atom is 0.340 e. The number of esters is 1. The quantitative estimate of drug-likeness (QED) is 0.697. The summed E-state index contributed by atoms with van der Waals surface area (Å²) < 4.78 is 60.5. The van der Waals surface area contributed by atoms with Gasteiger partial charge in [-0.05, 0) is 30.9 Å². The van der Waals surface area contributed by atoms with E-state index in [1.807, 2.05) is 4.90 Å². The summed E-state index contributed by atoms with van der Waals surface area (Å²) in [7, 11) is -2.60. The molecule has 1 aromatic carbocycles. The molecule has 1 aromatic heterocycles. The van der Waals surface area contributed by atoms with Crippen molar-refractivity contribution in [1.29, 1.82) is 0 Å². The maximum absolute atomic E-state index is 14.0. The van der Waals surface area contributed by atoms with Gasteiger partial charge in [-0.1, -0.05) is 12.1 Å². The van der Waals surface area contributed by atoms with Crippen LogP contribution in [0.4, 0.5) is 8.78 Å². The smallest absolute Gasteiger partial charge is 0.340 e. The molecule has 29 heavy (non-hydrogen) atoms. The first-order chi connectivity index (χ1) is 13.8. The number of methoxy groups -OCH3 is 1. The molecule has 4 rings (SSSR count). The lowest BCUT2D eigenvalue weighted by molar-refractivity contribution is 0.0595. The number of rotatable bonds is 6. The highest BCUT2D eigenvalue weighted by Gasteiger charge is 2.36. The van der Waals surface area contributed by atoms with Crippen LogP contribution < -0.4 is 4.72 Å². The molecule has 6 nitrogen and oxygen atoms in total. The van der Waals surface area contributed by atoms with E-state index in [1.54, 1.807) is 0 Å². The molecule has 2 heterocycles. The number of fused-ring (bicyclic) bond motifs is 1. The van der Waals surface area contributed by atoms with Gasteiger partial charge in [0.25, 0.3) is 10.0 Å². The molecule has 1 N–H and O–H groups in total. The van der Waals surface area contributed by atoms with E-state index in [0.29, 0.717) is 25.1 Å². The van der Waals surface area contributed by atoms with Gasteiger partial charge >= 0.3 is 5.97 Å². The molecule has 0 radical (unpaired) electrons. The normalized spacial score (nSPS) is 17.2. The summed E-state index contributed by atoms with van der Waals surface area (Å²) in [4.78, 5) is 15.0. The molecule has 1 aliphatic carbocycles. The predicted molar refractivity (Wildman–Crippen MR) is 103 cm³/mol. The highest BCUT2D eigenvalue weighted by atomic mass is 32.2. The van der Waals surface area contributed by atoms with E-state index in [-0.39, 0.29) is 27.9 Å². The fraction of sp³-hybridized carbons (Fsp3) is 0.421. The Balaban J connectivity index is 1.64. The van der Waals surface area contributed by atoms with Crippen molar-refractivity contribution in [2.75, 3.05) is 13.7 Å². The van der Waals surface area contributed by atoms with Crippen LogP contribution in [-0.4, -0.2) is 39.0 Å². The number of halogens is 2. The molecular formula is C19H20F2N2O4S2. The van der Waals surface area contributed by atoms with Crippen molar-refractivity contribution >= 4 is 27.3 Å². The van der Waals surface area contributed by atoms with Gasteiger partial charge in [-0.2, -0.15) is 0 Å². The van der Waals surface area contributed by atoms with Crippen LogP contribution in [0.15, 0.2) is 22.4 Å². The van der Waals surface area contributed by atoms with Gasteiger partial charge in [0.05, 0.1) is 12.7 Å². The third-order valence-electron chi connectivity index (χ3n) is 5.06. The van der Waals surface area contributed by atoms with E-state index in [0.717, 1.165) is 35.1 Å². The Kier molecular flexibility index (Phi) is 5.45. The van der Waals surface area contributed by atoms with E-state index in [9.17, 15) is 22.0 Å². The van der Waals surface area contributed by atoms with Gasteiger partial charge in [0.2, 0.25) is 0 Å². The van der Waals surface area contributed by atoms with Crippen LogP contribution in [0.2, 0.25) is 0 Å². The Morgan fingerprint density at radius 1 is 1.34 bits per heavy atom. The average molecular weight is 443 g/mol. The molecule has 0 amide bonds. The third-order valence-corrected chi connectivity index (χ3v) is 8.32. The number of hydrogen-bond acceptors (Lipinski definition) is 6. The Bertz CT molecular complexity index is 1060. The molecule has 1 fully saturated rings. The van der Waals surface area contributed by atoms with Crippen molar-refractivity contribution in [2.24, 2.45) is 0 Å². The van der Waals surface area contributed by atoms with Crippen molar-refractivity contribution in [3.8, 4) is 0 Å². The molecule has 10 heteroatoms. The van der Waals surface area contributed by atoms with E-state index < -0.39 is 27.6 Å². The van der Waals surface area contributed by atoms with E-state index in [2.05, 4.69) is 4.72 Å². The number of nitrogens with one attached hydrogen (secondary N) is 1. The van der Waals surface area contributed by atoms with Gasteiger partial charge in [-0.15, -0.1) is 11.3 Å². The second kappa shape index (κ2) is 7.75. The molecule has 0 saturated heterocycles. The van der Waals surface area contributed by atoms with Crippen LogP contribution in [0.3, 0.4) is 0 Å². The van der Waals surface area contributed by atoms with Crippen LogP contribution in [0.5, 0.6) is 0 Å². The monoisotopic (exact) mass is 442 g/mol. The lowest BCUT2D eigenvalue weighted by atomic mass is 10.0. The average Bonchev–Trinajstić information content (AvgIpc) is 3.40. The first-order valence-electron chi connectivity index (χ1n) is 9.20. The maximum atomic E-state index is 14.0. The third kappa shape index (κ3) is 4.07. The summed E-state index contributed by atoms with van der Waals surface area (Å²) in [6, 6.07) is 3.96. The zero-order valence-corrected chi connectivity index (χ0v) is 17.3. The van der Waals surface area contributed by atoms with Crippen molar-refractivity contribution < 1.29 is 26.7 Å². The zero-order chi connectivity index (χ0) is 20.8. The molecule has 0 bridgehead atoms. The van der Waals surface area contributed by atoms with Crippen molar-refractivity contribution in [3.63, 3.8) is 0 Å². The Morgan fingerprint density at radius 3 is 2.79 bits per heavy atom. The molecule has 0 spiro atoms. The second-order valence-corrected chi connectivity index (χ2v) is 10.2. The molecule has 156 valence electrons. The fourth-order valence-electron chi connectivity index (χ4n) is 3.45. The number of sulfonamides is 1. The van der Waals surface area contributed by atoms with E-state index in [1.165, 1.54) is 19.2 Å². The number of hydrogen-bond donors (Lipinski definition) is 1. The van der Waals surface area contributed by atoms with Gasteiger partial charge in [0.1, 0.15) is 4.21 Å². The van der Waals surface area contributed by atoms with Gasteiger partial charge in [-0.3, -0.25) is 4.90 Å². The van der Waals surface area contributed by atoms with Gasteiger partial charge in [0.15, 0.2) is 11.6 Å². The number of ether oxygens (including phenoxy) is 1. The summed E-state index contributed by atoms with van der Waals surface area (Å²) in [5.41, 5.74) is 0.993. The van der Waals surface area contributed by atoms with Gasteiger partial charge < -0.3 is 4.74 Å². The summed E-state index contributed by atoms with van der Waals surface area (Å²) in [5, 5.41) is 0. The minimum atomic E-state index is -3.83. The van der Waals surface area contributed by atoms with Crippen LogP contribution in [0, 0.1) is 11.6 Å². The SMILES string of the molecule is COC(=O)c1c(S(=O)(=O)NC2CC2)sc2c1CCN(Cc1cccc(F)c1F)C2. The van der Waals surface area contributed by atoms with E-state index in [4.69, 9.17) is 4.74 Å². The van der Waals surface area contributed by atoms with Gasteiger partial charge in [-0.25, -0.2) is 26.7 Å². The molecule has 1 saturated carbocycles. The Morgan fingerprint density at radius 2 is 2.10 bits per heavy atom. The number of thiophene rings is 1. The summed E-state index contributed by atoms with van der Waals surface area (Å²) in [5.74, 6) is -2.45. The Labute approximate surface area is 171 Å². The number of carbonyl (C=O) groups excluding carboxylic acids is 1. The largest absolute Gasteiger partial charge is 0.465 e. The highest BCUT2D eigenvalue weighted by Crippen LogP contribution is 2.38. The summed E-state index contributed by atoms with van der Waals surface area (Å²) >= 11 is 1.04. The summed E-state index contributed by atoms with van der Waals surface area (Å²) in [6.07, 6.45) is 1.99. The van der Waals surface area contributed by atoms with Crippen LogP contribution >= 0.6 is 11.3 Å². The second-order valence-electron chi connectivity index (χ2n) is 7.23. The number of nitrogens with zero attached hydrogens (tertiary/aromatic N) is 1. The first kappa shape index (κ1) is 20.4. The number of carbonyl (C=O) groups is 1. The highest BCUT2D eigenvalue weighted by molar-refractivity contribution is 7.91. The van der Waals surface area contributed by atoms with Crippen LogP contribution in [0.1, 0.15) is 39.2 Å². The topological polar surface area (TPSA) is 75.7 Å². The molecule has 2 aliphatic rings. The van der Waals surface area contributed by atoms with E-state index >= 15 is 0 Å². The van der Waals surface area contributed by atoms with Crippen LogP contribution in [-0.2, 0) is 34.3 Å². The fourth-order valence-corrected chi connectivity index (χ4v) is 6.70. The predicted octanol–water partition coefficient (Wildman–Crippen LogP) is 2.81. The Hall–Kier alpha value is -1.88. The number of benzene rings is 1. The van der Waals surface area contributed by atoms with Crippen molar-refractivity contribution in [1.82, 2.24) is 9.62 Å². The molecule has 0 atom stereocenters. The summed E-state index contributed by atoms with van der Waals surface area (Å²) in [6.45, 7) is 1.02. The van der Waals surface area contributed by atoms with Gasteiger partial charge in [0, 0.05) is 36.1 Å². The van der Waals surface area contributed by atoms with Crippen molar-refractivity contribution in [3.05, 3.63) is 51.4 Å². The first-order valence-corrected chi connectivity index (χ1v) is 11.5. The minimum Gasteiger partial charge on any atom is -0.465 e. The molecule has 2 aromatic rings. The molecule has 0 unspecified atom stereocenters.